The van der Waals surface area contributed by atoms with Gasteiger partial charge < -0.3 is 4.74 Å². The number of nitrogens with one attached hydrogen (secondary N) is 1. The minimum Gasteiger partial charge on any atom is -0.496 e. The van der Waals surface area contributed by atoms with E-state index in [2.05, 4.69) is 4.72 Å². The van der Waals surface area contributed by atoms with Gasteiger partial charge in [0.1, 0.15) is 5.75 Å². The van der Waals surface area contributed by atoms with Gasteiger partial charge in [-0.2, -0.15) is 12.7 Å². The number of aryl methyl sites for hydroxylation is 1. The molecule has 0 spiro atoms. The second-order valence-corrected chi connectivity index (χ2v) is 5.56. The quantitative estimate of drug-likeness (QED) is 0.806. The van der Waals surface area contributed by atoms with E-state index < -0.39 is 10.2 Å². The maximum Gasteiger partial charge on any atom is 0.301 e. The van der Waals surface area contributed by atoms with Crippen LogP contribution in [0.4, 0.5) is 5.69 Å². The van der Waals surface area contributed by atoms with Crippen molar-refractivity contribution in [3.8, 4) is 5.75 Å². The van der Waals surface area contributed by atoms with Crippen LogP contribution in [-0.4, -0.2) is 32.9 Å². The van der Waals surface area contributed by atoms with Crippen LogP contribution in [0, 0.1) is 0 Å². The molecule has 1 N–H and O–H groups in total. The maximum atomic E-state index is 11.7. The molecule has 1 aromatic rings. The second kappa shape index (κ2) is 4.54. The van der Waals surface area contributed by atoms with Gasteiger partial charge in [-0.1, -0.05) is 6.92 Å². The molecule has 5 nitrogen and oxygen atoms in total. The van der Waals surface area contributed by atoms with Crippen molar-refractivity contribution >= 4 is 15.9 Å². The van der Waals surface area contributed by atoms with Gasteiger partial charge in [0.25, 0.3) is 0 Å². The predicted octanol–water partition coefficient (Wildman–Crippen LogP) is 1.23. The molecule has 1 fully saturated rings. The second-order valence-electron chi connectivity index (χ2n) is 3.89. The molecule has 1 aromatic carbocycles. The maximum absolute atomic E-state index is 11.7. The molecule has 0 aromatic heterocycles. The minimum atomic E-state index is -3.34. The van der Waals surface area contributed by atoms with Crippen LogP contribution in [0.2, 0.25) is 0 Å². The molecule has 1 aliphatic heterocycles. The molecule has 0 aliphatic carbocycles. The zero-order valence-corrected chi connectivity index (χ0v) is 10.8. The molecule has 6 heteroatoms. The molecule has 1 heterocycles. The van der Waals surface area contributed by atoms with Crippen molar-refractivity contribution in [3.63, 3.8) is 0 Å². The fourth-order valence-electron chi connectivity index (χ4n) is 1.61. The van der Waals surface area contributed by atoms with E-state index in [-0.39, 0.29) is 0 Å². The van der Waals surface area contributed by atoms with E-state index in [1.165, 1.54) is 4.31 Å². The lowest BCUT2D eigenvalue weighted by molar-refractivity contribution is 0.410. The summed E-state index contributed by atoms with van der Waals surface area (Å²) in [5.41, 5.74) is 1.56. The van der Waals surface area contributed by atoms with Crippen LogP contribution in [0.5, 0.6) is 5.75 Å². The Labute approximate surface area is 102 Å². The highest BCUT2D eigenvalue weighted by atomic mass is 32.2. The van der Waals surface area contributed by atoms with Gasteiger partial charge in [0.2, 0.25) is 0 Å². The lowest BCUT2D eigenvalue weighted by Gasteiger charge is -2.11. The number of methoxy groups -OCH3 is 1. The van der Waals surface area contributed by atoms with Gasteiger partial charge >= 0.3 is 10.2 Å². The lowest BCUT2D eigenvalue weighted by Crippen LogP contribution is -2.20. The predicted molar refractivity (Wildman–Crippen MR) is 66.5 cm³/mol. The van der Waals surface area contributed by atoms with Crippen molar-refractivity contribution in [2.24, 2.45) is 0 Å². The van der Waals surface area contributed by atoms with Crippen LogP contribution >= 0.6 is 0 Å². The van der Waals surface area contributed by atoms with Crippen molar-refractivity contribution in [1.29, 1.82) is 0 Å². The Morgan fingerprint density at radius 1 is 1.41 bits per heavy atom. The summed E-state index contributed by atoms with van der Waals surface area (Å²) in [6, 6.07) is 5.29. The highest BCUT2D eigenvalue weighted by Gasteiger charge is 2.31. The number of anilines is 1. The smallest absolute Gasteiger partial charge is 0.301 e. The number of rotatable bonds is 5. The van der Waals surface area contributed by atoms with Crippen LogP contribution < -0.4 is 9.46 Å². The van der Waals surface area contributed by atoms with Crippen molar-refractivity contribution < 1.29 is 13.2 Å². The third-order valence-electron chi connectivity index (χ3n) is 2.65. The fraction of sp³-hybridized carbons (Fsp3) is 0.455. The van der Waals surface area contributed by atoms with E-state index in [4.69, 9.17) is 4.74 Å². The largest absolute Gasteiger partial charge is 0.496 e. The molecule has 0 saturated carbocycles. The Kier molecular flexibility index (Phi) is 3.26. The molecule has 0 bridgehead atoms. The topological polar surface area (TPSA) is 58.4 Å². The number of hydrogen-bond acceptors (Lipinski definition) is 3. The third-order valence-corrected chi connectivity index (χ3v) is 4.19. The van der Waals surface area contributed by atoms with Crippen LogP contribution in [0.1, 0.15) is 12.5 Å². The van der Waals surface area contributed by atoms with E-state index in [1.54, 1.807) is 25.3 Å². The molecule has 2 rings (SSSR count). The first-order valence-electron chi connectivity index (χ1n) is 5.51. The van der Waals surface area contributed by atoms with E-state index in [0.717, 1.165) is 17.7 Å². The van der Waals surface area contributed by atoms with Crippen molar-refractivity contribution in [2.45, 2.75) is 13.3 Å². The molecule has 1 saturated heterocycles. The molecular weight excluding hydrogens is 240 g/mol. The molecule has 0 radical (unpaired) electrons. The molecule has 17 heavy (non-hydrogen) atoms. The van der Waals surface area contributed by atoms with Crippen LogP contribution in [0.25, 0.3) is 0 Å². The monoisotopic (exact) mass is 256 g/mol. The van der Waals surface area contributed by atoms with Gasteiger partial charge in [-0.3, -0.25) is 4.72 Å². The first kappa shape index (κ1) is 12.2. The Balaban J connectivity index is 2.22. The average Bonchev–Trinajstić information content (AvgIpc) is 3.12. The van der Waals surface area contributed by atoms with E-state index in [1.807, 2.05) is 6.92 Å². The summed E-state index contributed by atoms with van der Waals surface area (Å²) in [6.45, 7) is 3.21. The summed E-state index contributed by atoms with van der Waals surface area (Å²) < 4.78 is 32.5. The molecular formula is C11H16N2O3S. The van der Waals surface area contributed by atoms with Gasteiger partial charge in [0.05, 0.1) is 12.8 Å². The van der Waals surface area contributed by atoms with E-state index >= 15 is 0 Å². The highest BCUT2D eigenvalue weighted by Crippen LogP contribution is 2.24. The third kappa shape index (κ3) is 2.70. The summed E-state index contributed by atoms with van der Waals surface area (Å²) in [5, 5.41) is 0. The summed E-state index contributed by atoms with van der Waals surface area (Å²) in [6.07, 6.45) is 0.794. The van der Waals surface area contributed by atoms with Crippen molar-refractivity contribution in [2.75, 3.05) is 24.9 Å². The Morgan fingerprint density at radius 2 is 2.12 bits per heavy atom. The Morgan fingerprint density at radius 3 is 2.65 bits per heavy atom. The van der Waals surface area contributed by atoms with Gasteiger partial charge in [-0.15, -0.1) is 0 Å². The summed E-state index contributed by atoms with van der Waals surface area (Å²) in [4.78, 5) is 0. The van der Waals surface area contributed by atoms with Gasteiger partial charge in [0, 0.05) is 13.1 Å². The van der Waals surface area contributed by atoms with Crippen molar-refractivity contribution in [1.82, 2.24) is 4.31 Å². The Bertz CT molecular complexity index is 509. The first-order chi connectivity index (χ1) is 8.06. The number of ether oxygens (including phenoxy) is 1. The lowest BCUT2D eigenvalue weighted by atomic mass is 10.1. The van der Waals surface area contributed by atoms with Gasteiger partial charge in [-0.05, 0) is 30.2 Å². The summed E-state index contributed by atoms with van der Waals surface area (Å²) in [5.74, 6) is 0.780. The number of hydrogen-bond donors (Lipinski definition) is 1. The highest BCUT2D eigenvalue weighted by molar-refractivity contribution is 7.90. The van der Waals surface area contributed by atoms with Crippen LogP contribution in [0.3, 0.4) is 0 Å². The zero-order chi connectivity index (χ0) is 12.5. The number of nitrogens with zero attached hydrogens (tertiary/aromatic N) is 1. The first-order valence-corrected chi connectivity index (χ1v) is 6.95. The van der Waals surface area contributed by atoms with Crippen LogP contribution in [-0.2, 0) is 16.6 Å². The van der Waals surface area contributed by atoms with Crippen molar-refractivity contribution in [3.05, 3.63) is 23.8 Å². The standard InChI is InChI=1S/C11H16N2O3S/c1-3-9-8-10(4-5-11(9)16-2)12-17(14,15)13-6-7-13/h4-5,8,12H,3,6-7H2,1-2H3. The molecule has 0 unspecified atom stereocenters. The normalized spacial score (nSPS) is 15.6. The minimum absolute atomic E-state index is 0.578. The summed E-state index contributed by atoms with van der Waals surface area (Å²) >= 11 is 0. The van der Waals surface area contributed by atoms with Gasteiger partial charge in [-0.25, -0.2) is 0 Å². The fourth-order valence-corrected chi connectivity index (χ4v) is 2.73. The Hall–Kier alpha value is -1.27. The van der Waals surface area contributed by atoms with Crippen LogP contribution in [0.15, 0.2) is 18.2 Å². The molecule has 0 atom stereocenters. The molecule has 0 amide bonds. The number of benzene rings is 1. The molecule has 1 aliphatic rings. The SMILES string of the molecule is CCc1cc(NS(=O)(=O)N2CC2)ccc1OC. The zero-order valence-electron chi connectivity index (χ0n) is 9.93. The van der Waals surface area contributed by atoms with Gasteiger partial charge in [0.15, 0.2) is 0 Å². The average molecular weight is 256 g/mol. The van der Waals surface area contributed by atoms with E-state index in [9.17, 15) is 8.42 Å². The summed E-state index contributed by atoms with van der Waals surface area (Å²) in [7, 11) is -1.74. The molecule has 94 valence electrons. The van der Waals surface area contributed by atoms with E-state index in [0.29, 0.717) is 18.8 Å².